The number of hydrogen-bond donors (Lipinski definition) is 1. The molecule has 1 amide bonds. The number of amides is 1. The van der Waals surface area contributed by atoms with Crippen LogP contribution in [-0.4, -0.2) is 46.7 Å². The van der Waals surface area contributed by atoms with Crippen LogP contribution in [-0.2, 0) is 11.2 Å². The van der Waals surface area contributed by atoms with Gasteiger partial charge in [0.2, 0.25) is 5.78 Å². The second-order valence-electron chi connectivity index (χ2n) is 5.59. The second kappa shape index (κ2) is 9.47. The standard InChI is InChI=1S/C20H23NO6/c1-24-15-7-5-13(11-17(15)26-3)9-10-21-20(23)19(22)14-6-8-16(25-2)18(12-14)27-4/h5-8,11-12H,9-10H2,1-4H3,(H,21,23). The van der Waals surface area contributed by atoms with Crippen LogP contribution in [0.5, 0.6) is 23.0 Å². The maximum Gasteiger partial charge on any atom is 0.292 e. The summed E-state index contributed by atoms with van der Waals surface area (Å²) >= 11 is 0. The van der Waals surface area contributed by atoms with Gasteiger partial charge >= 0.3 is 0 Å². The zero-order valence-electron chi connectivity index (χ0n) is 15.8. The van der Waals surface area contributed by atoms with E-state index in [1.807, 2.05) is 12.1 Å². The number of hydrogen-bond acceptors (Lipinski definition) is 6. The van der Waals surface area contributed by atoms with E-state index in [2.05, 4.69) is 5.32 Å². The molecule has 0 saturated carbocycles. The van der Waals surface area contributed by atoms with Gasteiger partial charge in [-0.15, -0.1) is 0 Å². The molecule has 0 unspecified atom stereocenters. The fourth-order valence-corrected chi connectivity index (χ4v) is 2.55. The normalized spacial score (nSPS) is 10.1. The minimum Gasteiger partial charge on any atom is -0.493 e. The molecule has 0 aliphatic carbocycles. The number of benzene rings is 2. The van der Waals surface area contributed by atoms with Crippen LogP contribution in [0, 0.1) is 0 Å². The summed E-state index contributed by atoms with van der Waals surface area (Å²) in [5.41, 5.74) is 1.18. The first-order valence-corrected chi connectivity index (χ1v) is 8.29. The van der Waals surface area contributed by atoms with Crippen molar-refractivity contribution in [3.8, 4) is 23.0 Å². The Morgan fingerprint density at radius 2 is 1.33 bits per heavy atom. The molecule has 0 radical (unpaired) electrons. The van der Waals surface area contributed by atoms with Gasteiger partial charge in [0, 0.05) is 12.1 Å². The number of methoxy groups -OCH3 is 4. The van der Waals surface area contributed by atoms with E-state index in [9.17, 15) is 9.59 Å². The summed E-state index contributed by atoms with van der Waals surface area (Å²) in [5.74, 6) is 0.812. The zero-order valence-corrected chi connectivity index (χ0v) is 15.8. The largest absolute Gasteiger partial charge is 0.493 e. The van der Waals surface area contributed by atoms with Gasteiger partial charge in [-0.3, -0.25) is 9.59 Å². The smallest absolute Gasteiger partial charge is 0.292 e. The van der Waals surface area contributed by atoms with E-state index in [4.69, 9.17) is 18.9 Å². The first kappa shape index (κ1) is 20.1. The van der Waals surface area contributed by atoms with Gasteiger partial charge in [-0.2, -0.15) is 0 Å². The zero-order chi connectivity index (χ0) is 19.8. The molecular formula is C20H23NO6. The number of rotatable bonds is 9. The van der Waals surface area contributed by atoms with Crippen molar-refractivity contribution >= 4 is 11.7 Å². The summed E-state index contributed by atoms with van der Waals surface area (Å²) in [7, 11) is 6.10. The number of carbonyl (C=O) groups is 2. The molecule has 0 fully saturated rings. The molecule has 7 heteroatoms. The lowest BCUT2D eigenvalue weighted by Gasteiger charge is -2.10. The topological polar surface area (TPSA) is 83.1 Å². The van der Waals surface area contributed by atoms with Crippen molar-refractivity contribution in [1.29, 1.82) is 0 Å². The fourth-order valence-electron chi connectivity index (χ4n) is 2.55. The number of nitrogens with one attached hydrogen (secondary N) is 1. The molecule has 144 valence electrons. The first-order valence-electron chi connectivity index (χ1n) is 8.29. The van der Waals surface area contributed by atoms with Gasteiger partial charge in [-0.05, 0) is 42.3 Å². The second-order valence-corrected chi connectivity index (χ2v) is 5.59. The highest BCUT2D eigenvalue weighted by Gasteiger charge is 2.18. The molecule has 0 aromatic heterocycles. The molecule has 0 saturated heterocycles. The summed E-state index contributed by atoms with van der Waals surface area (Å²) in [4.78, 5) is 24.4. The average Bonchev–Trinajstić information content (AvgIpc) is 2.72. The lowest BCUT2D eigenvalue weighted by Crippen LogP contribution is -2.32. The average molecular weight is 373 g/mol. The van der Waals surface area contributed by atoms with E-state index in [0.29, 0.717) is 36.0 Å². The highest BCUT2D eigenvalue weighted by molar-refractivity contribution is 6.42. The summed E-state index contributed by atoms with van der Waals surface area (Å²) < 4.78 is 20.7. The van der Waals surface area contributed by atoms with Gasteiger partial charge in [0.15, 0.2) is 23.0 Å². The maximum absolute atomic E-state index is 12.3. The van der Waals surface area contributed by atoms with Crippen molar-refractivity contribution in [2.45, 2.75) is 6.42 Å². The molecule has 0 spiro atoms. The van der Waals surface area contributed by atoms with E-state index >= 15 is 0 Å². The molecule has 2 aromatic rings. The minimum atomic E-state index is -0.678. The molecule has 0 atom stereocenters. The Morgan fingerprint density at radius 3 is 1.93 bits per heavy atom. The third-order valence-corrected chi connectivity index (χ3v) is 4.00. The Balaban J connectivity index is 1.96. The predicted octanol–water partition coefficient (Wildman–Crippen LogP) is 2.26. The molecule has 0 bridgehead atoms. The fraction of sp³-hybridized carbons (Fsp3) is 0.300. The van der Waals surface area contributed by atoms with Crippen LogP contribution in [0.2, 0.25) is 0 Å². The van der Waals surface area contributed by atoms with Crippen LogP contribution in [0.25, 0.3) is 0 Å². The van der Waals surface area contributed by atoms with Gasteiger partial charge in [0.1, 0.15) is 0 Å². The van der Waals surface area contributed by atoms with E-state index in [1.165, 1.54) is 26.4 Å². The van der Waals surface area contributed by atoms with Gasteiger partial charge in [-0.25, -0.2) is 0 Å². The van der Waals surface area contributed by atoms with Crippen molar-refractivity contribution < 1.29 is 28.5 Å². The van der Waals surface area contributed by atoms with Crippen molar-refractivity contribution in [1.82, 2.24) is 5.32 Å². The third-order valence-electron chi connectivity index (χ3n) is 4.00. The molecule has 27 heavy (non-hydrogen) atoms. The van der Waals surface area contributed by atoms with E-state index in [-0.39, 0.29) is 5.56 Å². The van der Waals surface area contributed by atoms with Crippen LogP contribution < -0.4 is 24.3 Å². The maximum atomic E-state index is 12.3. The molecule has 0 heterocycles. The highest BCUT2D eigenvalue weighted by Crippen LogP contribution is 2.28. The van der Waals surface area contributed by atoms with Crippen molar-refractivity contribution in [3.05, 3.63) is 47.5 Å². The van der Waals surface area contributed by atoms with Gasteiger partial charge in [0.25, 0.3) is 5.91 Å². The lowest BCUT2D eigenvalue weighted by molar-refractivity contribution is -0.116. The molecule has 2 rings (SSSR count). The summed E-state index contributed by atoms with van der Waals surface area (Å²) in [6.07, 6.45) is 0.547. The summed E-state index contributed by atoms with van der Waals surface area (Å²) in [5, 5.41) is 2.63. The molecule has 1 N–H and O–H groups in total. The Labute approximate surface area is 158 Å². The van der Waals surface area contributed by atoms with Gasteiger partial charge in [0.05, 0.1) is 28.4 Å². The van der Waals surface area contributed by atoms with Gasteiger partial charge in [-0.1, -0.05) is 6.07 Å². The van der Waals surface area contributed by atoms with Crippen LogP contribution in [0.1, 0.15) is 15.9 Å². The Bertz CT molecular complexity index is 818. The van der Waals surface area contributed by atoms with Crippen molar-refractivity contribution in [2.24, 2.45) is 0 Å². The van der Waals surface area contributed by atoms with Crippen LogP contribution in [0.3, 0.4) is 0 Å². The van der Waals surface area contributed by atoms with Crippen LogP contribution >= 0.6 is 0 Å². The van der Waals surface area contributed by atoms with Gasteiger partial charge < -0.3 is 24.3 Å². The summed E-state index contributed by atoms with van der Waals surface area (Å²) in [6, 6.07) is 10.1. The number of carbonyl (C=O) groups excluding carboxylic acids is 2. The number of Topliss-reactive ketones (excluding diaryl/α,β-unsaturated/α-hetero) is 1. The van der Waals surface area contributed by atoms with E-state index in [0.717, 1.165) is 5.56 Å². The first-order chi connectivity index (χ1) is 13.0. The molecule has 0 aliphatic heterocycles. The van der Waals surface area contributed by atoms with Crippen LogP contribution in [0.15, 0.2) is 36.4 Å². The molecule has 2 aromatic carbocycles. The van der Waals surface area contributed by atoms with E-state index < -0.39 is 11.7 Å². The van der Waals surface area contributed by atoms with E-state index in [1.54, 1.807) is 26.4 Å². The Hall–Kier alpha value is -3.22. The monoisotopic (exact) mass is 373 g/mol. The molecule has 7 nitrogen and oxygen atoms in total. The SMILES string of the molecule is COc1ccc(CCNC(=O)C(=O)c2ccc(OC)c(OC)c2)cc1OC. The summed E-state index contributed by atoms with van der Waals surface area (Å²) in [6.45, 7) is 0.313. The molecular weight excluding hydrogens is 350 g/mol. The Morgan fingerprint density at radius 1 is 0.778 bits per heavy atom. The van der Waals surface area contributed by atoms with Crippen molar-refractivity contribution in [2.75, 3.05) is 35.0 Å². The number of ketones is 1. The van der Waals surface area contributed by atoms with Crippen molar-refractivity contribution in [3.63, 3.8) is 0 Å². The minimum absolute atomic E-state index is 0.233. The predicted molar refractivity (Wildman–Crippen MR) is 100 cm³/mol. The quantitative estimate of drug-likeness (QED) is 0.536. The Kier molecular flexibility index (Phi) is 7.05. The highest BCUT2D eigenvalue weighted by atomic mass is 16.5. The lowest BCUT2D eigenvalue weighted by atomic mass is 10.1. The third kappa shape index (κ3) is 4.91. The number of ether oxygens (including phenoxy) is 4. The molecule has 0 aliphatic rings. The van der Waals surface area contributed by atoms with Crippen LogP contribution in [0.4, 0.5) is 0 Å².